The van der Waals surface area contributed by atoms with Crippen LogP contribution in [0.25, 0.3) is 0 Å². The van der Waals surface area contributed by atoms with E-state index in [2.05, 4.69) is 36.7 Å². The van der Waals surface area contributed by atoms with Gasteiger partial charge in [-0.05, 0) is 60.7 Å². The highest BCUT2D eigenvalue weighted by Crippen LogP contribution is 2.30. The lowest BCUT2D eigenvalue weighted by molar-refractivity contribution is 0.604. The van der Waals surface area contributed by atoms with Crippen LogP contribution in [-0.2, 0) is 0 Å². The van der Waals surface area contributed by atoms with Crippen LogP contribution < -0.4 is 5.32 Å². The summed E-state index contributed by atoms with van der Waals surface area (Å²) in [6, 6.07) is 7.43. The lowest BCUT2D eigenvalue weighted by Crippen LogP contribution is -2.22. The predicted molar refractivity (Wildman–Crippen MR) is 75.7 cm³/mol. The molecule has 1 aromatic carbocycles. The van der Waals surface area contributed by atoms with Crippen molar-refractivity contribution in [2.45, 2.75) is 26.8 Å². The molecule has 0 aliphatic carbocycles. The van der Waals surface area contributed by atoms with Crippen LogP contribution >= 0.6 is 11.3 Å². The van der Waals surface area contributed by atoms with Gasteiger partial charge in [0, 0.05) is 4.88 Å². The molecule has 1 nitrogen and oxygen atoms in total. The molecule has 1 heterocycles. The Morgan fingerprint density at radius 3 is 2.61 bits per heavy atom. The van der Waals surface area contributed by atoms with E-state index < -0.39 is 0 Å². The van der Waals surface area contributed by atoms with Crippen LogP contribution in [0, 0.1) is 19.7 Å². The predicted octanol–water partition coefficient (Wildman–Crippen LogP) is 4.20. The lowest BCUT2D eigenvalue weighted by Gasteiger charge is -2.19. The standard InChI is InChI=1S/C15H18FNS/c1-4-17-14(15-11(3)5-6-18-15)12-7-10(2)8-13(16)9-12/h5-9,14,17H,4H2,1-3H3. The fourth-order valence-corrected chi connectivity index (χ4v) is 3.21. The van der Waals surface area contributed by atoms with E-state index in [1.807, 2.05) is 6.92 Å². The first-order valence-corrected chi connectivity index (χ1v) is 7.04. The number of rotatable bonds is 4. The summed E-state index contributed by atoms with van der Waals surface area (Å²) in [5.74, 6) is -0.165. The van der Waals surface area contributed by atoms with Crippen LogP contribution in [0.3, 0.4) is 0 Å². The third kappa shape index (κ3) is 2.79. The number of hydrogen-bond donors (Lipinski definition) is 1. The molecule has 2 rings (SSSR count). The summed E-state index contributed by atoms with van der Waals surface area (Å²) in [6.07, 6.45) is 0. The minimum absolute atomic E-state index is 0.0874. The summed E-state index contributed by atoms with van der Waals surface area (Å²) < 4.78 is 13.5. The number of aryl methyl sites for hydroxylation is 2. The van der Waals surface area contributed by atoms with Crippen molar-refractivity contribution >= 4 is 11.3 Å². The molecule has 18 heavy (non-hydrogen) atoms. The van der Waals surface area contributed by atoms with Crippen molar-refractivity contribution in [3.8, 4) is 0 Å². The Bertz CT molecular complexity index is 513. The Morgan fingerprint density at radius 1 is 1.28 bits per heavy atom. The summed E-state index contributed by atoms with van der Waals surface area (Å²) >= 11 is 1.72. The van der Waals surface area contributed by atoms with Crippen LogP contribution in [0.15, 0.2) is 29.6 Å². The summed E-state index contributed by atoms with van der Waals surface area (Å²) in [5, 5.41) is 5.52. The summed E-state index contributed by atoms with van der Waals surface area (Å²) in [7, 11) is 0. The number of hydrogen-bond acceptors (Lipinski definition) is 2. The van der Waals surface area contributed by atoms with E-state index in [0.717, 1.165) is 17.7 Å². The molecule has 1 aromatic heterocycles. The lowest BCUT2D eigenvalue weighted by atomic mass is 10.0. The van der Waals surface area contributed by atoms with Gasteiger partial charge < -0.3 is 5.32 Å². The third-order valence-corrected chi connectivity index (χ3v) is 4.05. The van der Waals surface area contributed by atoms with Gasteiger partial charge in [-0.1, -0.05) is 13.0 Å². The highest BCUT2D eigenvalue weighted by molar-refractivity contribution is 7.10. The molecule has 3 heteroatoms. The van der Waals surface area contributed by atoms with E-state index >= 15 is 0 Å². The van der Waals surface area contributed by atoms with Crippen LogP contribution in [0.1, 0.15) is 34.5 Å². The number of thiophene rings is 1. The van der Waals surface area contributed by atoms with Gasteiger partial charge in [-0.2, -0.15) is 0 Å². The normalized spacial score (nSPS) is 12.7. The maximum absolute atomic E-state index is 13.5. The van der Waals surface area contributed by atoms with Gasteiger partial charge in [0.2, 0.25) is 0 Å². The molecule has 0 saturated heterocycles. The van der Waals surface area contributed by atoms with Gasteiger partial charge in [0.15, 0.2) is 0 Å². The van der Waals surface area contributed by atoms with Gasteiger partial charge in [0.1, 0.15) is 5.82 Å². The van der Waals surface area contributed by atoms with Crippen LogP contribution in [0.2, 0.25) is 0 Å². The molecule has 96 valence electrons. The van der Waals surface area contributed by atoms with E-state index in [-0.39, 0.29) is 11.9 Å². The molecule has 0 aliphatic heterocycles. The first-order valence-electron chi connectivity index (χ1n) is 6.16. The second-order valence-corrected chi connectivity index (χ2v) is 5.47. The van der Waals surface area contributed by atoms with Crippen LogP contribution in [0.5, 0.6) is 0 Å². The van der Waals surface area contributed by atoms with Crippen molar-refractivity contribution in [3.05, 3.63) is 57.0 Å². The van der Waals surface area contributed by atoms with Crippen LogP contribution in [0.4, 0.5) is 4.39 Å². The van der Waals surface area contributed by atoms with Crippen molar-refractivity contribution in [2.24, 2.45) is 0 Å². The third-order valence-electron chi connectivity index (χ3n) is 2.97. The average Bonchev–Trinajstić information content (AvgIpc) is 2.71. The Hall–Kier alpha value is -1.19. The Labute approximate surface area is 112 Å². The Balaban J connectivity index is 2.44. The van der Waals surface area contributed by atoms with E-state index in [4.69, 9.17) is 0 Å². The SMILES string of the molecule is CCNC(c1cc(C)cc(F)c1)c1sccc1C. The molecule has 0 amide bonds. The monoisotopic (exact) mass is 263 g/mol. The molecule has 1 unspecified atom stereocenters. The Morgan fingerprint density at radius 2 is 2.06 bits per heavy atom. The zero-order chi connectivity index (χ0) is 13.1. The summed E-state index contributed by atoms with van der Waals surface area (Å²) in [5.41, 5.74) is 3.22. The zero-order valence-electron chi connectivity index (χ0n) is 11.0. The molecule has 2 aromatic rings. The van der Waals surface area contributed by atoms with Crippen LogP contribution in [-0.4, -0.2) is 6.54 Å². The van der Waals surface area contributed by atoms with Gasteiger partial charge in [0.25, 0.3) is 0 Å². The topological polar surface area (TPSA) is 12.0 Å². The fourth-order valence-electron chi connectivity index (χ4n) is 2.18. The average molecular weight is 263 g/mol. The minimum atomic E-state index is -0.165. The van der Waals surface area contributed by atoms with Gasteiger partial charge in [-0.15, -0.1) is 11.3 Å². The number of halogens is 1. The molecule has 0 saturated carbocycles. The molecular weight excluding hydrogens is 245 g/mol. The first-order chi connectivity index (χ1) is 8.61. The van der Waals surface area contributed by atoms with Gasteiger partial charge in [0.05, 0.1) is 6.04 Å². The minimum Gasteiger partial charge on any atom is -0.306 e. The molecule has 0 spiro atoms. The summed E-state index contributed by atoms with van der Waals surface area (Å²) in [6.45, 7) is 6.96. The van der Waals surface area contributed by atoms with E-state index in [9.17, 15) is 4.39 Å². The van der Waals surface area contributed by atoms with Gasteiger partial charge in [-0.3, -0.25) is 0 Å². The molecule has 0 bridgehead atoms. The van der Waals surface area contributed by atoms with Crippen molar-refractivity contribution in [2.75, 3.05) is 6.54 Å². The summed E-state index contributed by atoms with van der Waals surface area (Å²) in [4.78, 5) is 1.27. The first kappa shape index (κ1) is 13.2. The van der Waals surface area contributed by atoms with Crippen molar-refractivity contribution in [1.29, 1.82) is 0 Å². The maximum atomic E-state index is 13.5. The van der Waals surface area contributed by atoms with Gasteiger partial charge >= 0.3 is 0 Å². The van der Waals surface area contributed by atoms with Gasteiger partial charge in [-0.25, -0.2) is 4.39 Å². The fraction of sp³-hybridized carbons (Fsp3) is 0.333. The number of benzene rings is 1. The highest BCUT2D eigenvalue weighted by atomic mass is 32.1. The quantitative estimate of drug-likeness (QED) is 0.871. The Kier molecular flexibility index (Phi) is 4.15. The second kappa shape index (κ2) is 5.63. The van der Waals surface area contributed by atoms with Crippen molar-refractivity contribution < 1.29 is 4.39 Å². The second-order valence-electron chi connectivity index (χ2n) is 4.52. The smallest absolute Gasteiger partial charge is 0.123 e. The number of nitrogens with one attached hydrogen (secondary N) is 1. The van der Waals surface area contributed by atoms with Crippen molar-refractivity contribution in [1.82, 2.24) is 5.32 Å². The van der Waals surface area contributed by atoms with E-state index in [1.165, 1.54) is 10.4 Å². The molecular formula is C15H18FNS. The zero-order valence-corrected chi connectivity index (χ0v) is 11.8. The van der Waals surface area contributed by atoms with E-state index in [1.54, 1.807) is 23.5 Å². The molecule has 0 aliphatic rings. The highest BCUT2D eigenvalue weighted by Gasteiger charge is 2.17. The molecule has 1 atom stereocenters. The molecule has 0 fully saturated rings. The molecule has 1 N–H and O–H groups in total. The van der Waals surface area contributed by atoms with E-state index in [0.29, 0.717) is 0 Å². The maximum Gasteiger partial charge on any atom is 0.123 e. The van der Waals surface area contributed by atoms with Crippen molar-refractivity contribution in [3.63, 3.8) is 0 Å². The molecule has 0 radical (unpaired) electrons. The largest absolute Gasteiger partial charge is 0.306 e.